The summed E-state index contributed by atoms with van der Waals surface area (Å²) in [6.07, 6.45) is -0.900. The molecule has 0 bridgehead atoms. The maximum absolute atomic E-state index is 10.4. The number of primary amides is 1. The predicted molar refractivity (Wildman–Crippen MR) is 46.5 cm³/mol. The largest absolute Gasteiger partial charge is 0.412 e. The number of carbonyl (C=O) groups is 1. The number of nitrogens with two attached hydrogens (primary N) is 1. The maximum atomic E-state index is 10.4. The molecule has 70 valence electrons. The van der Waals surface area contributed by atoms with E-state index < -0.39 is 6.09 Å². The Balaban J connectivity index is 3.06. The second-order valence-electron chi connectivity index (χ2n) is 2.72. The normalized spacial score (nSPS) is 9.77. The van der Waals surface area contributed by atoms with E-state index in [1.807, 2.05) is 20.8 Å². The van der Waals surface area contributed by atoms with E-state index in [-0.39, 0.29) is 6.01 Å². The standard InChI is InChI=1S/C8H11N3O2/c1-4-5(2)10-8(11-6(4)3)13-7(9)12/h1-3H3,(H2,9,12). The Morgan fingerprint density at radius 2 is 1.69 bits per heavy atom. The van der Waals surface area contributed by atoms with Crippen LogP contribution in [0.2, 0.25) is 0 Å². The van der Waals surface area contributed by atoms with E-state index in [2.05, 4.69) is 14.7 Å². The van der Waals surface area contributed by atoms with Gasteiger partial charge in [-0.3, -0.25) is 0 Å². The lowest BCUT2D eigenvalue weighted by atomic mass is 10.2. The first kappa shape index (κ1) is 9.44. The molecule has 1 heterocycles. The molecule has 1 amide bonds. The predicted octanol–water partition coefficient (Wildman–Crippen LogP) is 0.859. The summed E-state index contributed by atoms with van der Waals surface area (Å²) in [5.41, 5.74) is 7.37. The minimum absolute atomic E-state index is 0.00750. The van der Waals surface area contributed by atoms with Gasteiger partial charge < -0.3 is 10.5 Å². The zero-order valence-corrected chi connectivity index (χ0v) is 7.79. The van der Waals surface area contributed by atoms with E-state index in [0.29, 0.717) is 0 Å². The molecule has 5 heteroatoms. The molecule has 0 atom stereocenters. The van der Waals surface area contributed by atoms with Crippen LogP contribution in [0, 0.1) is 20.8 Å². The van der Waals surface area contributed by atoms with Crippen LogP contribution in [0.3, 0.4) is 0 Å². The molecule has 0 fully saturated rings. The molecule has 0 radical (unpaired) electrons. The SMILES string of the molecule is Cc1nc(OC(N)=O)nc(C)c1C. The molecule has 0 saturated carbocycles. The Hall–Kier alpha value is -1.65. The van der Waals surface area contributed by atoms with Crippen LogP contribution < -0.4 is 10.5 Å². The Morgan fingerprint density at radius 1 is 1.23 bits per heavy atom. The maximum Gasteiger partial charge on any atom is 0.412 e. The number of hydrogen-bond donors (Lipinski definition) is 1. The topological polar surface area (TPSA) is 78.1 Å². The molecule has 0 spiro atoms. The van der Waals surface area contributed by atoms with Crippen molar-refractivity contribution in [2.75, 3.05) is 0 Å². The van der Waals surface area contributed by atoms with E-state index in [4.69, 9.17) is 5.73 Å². The number of rotatable bonds is 1. The lowest BCUT2D eigenvalue weighted by Gasteiger charge is -2.05. The molecule has 0 saturated heterocycles. The zero-order chi connectivity index (χ0) is 10.0. The lowest BCUT2D eigenvalue weighted by Crippen LogP contribution is -2.18. The Morgan fingerprint density at radius 3 is 2.08 bits per heavy atom. The average molecular weight is 181 g/mol. The smallest absolute Gasteiger partial charge is 0.374 e. The Labute approximate surface area is 75.9 Å². The minimum Gasteiger partial charge on any atom is -0.374 e. The summed E-state index contributed by atoms with van der Waals surface area (Å²) in [7, 11) is 0. The van der Waals surface area contributed by atoms with Crippen LogP contribution >= 0.6 is 0 Å². The van der Waals surface area contributed by atoms with Gasteiger partial charge in [-0.25, -0.2) is 4.79 Å². The van der Waals surface area contributed by atoms with Crippen molar-refractivity contribution in [2.24, 2.45) is 5.73 Å². The Bertz CT molecular complexity index is 326. The highest BCUT2D eigenvalue weighted by molar-refractivity contribution is 5.66. The number of carbonyl (C=O) groups excluding carboxylic acids is 1. The van der Waals surface area contributed by atoms with Crippen LogP contribution in [-0.2, 0) is 0 Å². The molecule has 1 rings (SSSR count). The van der Waals surface area contributed by atoms with Gasteiger partial charge in [-0.1, -0.05) is 0 Å². The molecular formula is C8H11N3O2. The van der Waals surface area contributed by atoms with Crippen molar-refractivity contribution in [1.82, 2.24) is 9.97 Å². The summed E-state index contributed by atoms with van der Waals surface area (Å²) in [6.45, 7) is 5.54. The first-order valence-electron chi connectivity index (χ1n) is 3.80. The number of ether oxygens (including phenoxy) is 1. The molecule has 1 aromatic heterocycles. The third-order valence-corrected chi connectivity index (χ3v) is 1.80. The van der Waals surface area contributed by atoms with Crippen LogP contribution in [0.4, 0.5) is 4.79 Å². The number of aryl methyl sites for hydroxylation is 2. The van der Waals surface area contributed by atoms with Crippen LogP contribution in [0.1, 0.15) is 17.0 Å². The fourth-order valence-corrected chi connectivity index (χ4v) is 0.877. The van der Waals surface area contributed by atoms with Crippen LogP contribution in [0.25, 0.3) is 0 Å². The van der Waals surface area contributed by atoms with Gasteiger partial charge in [-0.2, -0.15) is 9.97 Å². The van der Waals surface area contributed by atoms with Gasteiger partial charge in [0.25, 0.3) is 0 Å². The second-order valence-corrected chi connectivity index (χ2v) is 2.72. The number of nitrogens with zero attached hydrogens (tertiary/aromatic N) is 2. The van der Waals surface area contributed by atoms with Gasteiger partial charge in [0.05, 0.1) is 0 Å². The van der Waals surface area contributed by atoms with Crippen molar-refractivity contribution in [3.8, 4) is 6.01 Å². The van der Waals surface area contributed by atoms with Gasteiger partial charge in [-0.05, 0) is 26.3 Å². The van der Waals surface area contributed by atoms with E-state index >= 15 is 0 Å². The van der Waals surface area contributed by atoms with Gasteiger partial charge in [0.15, 0.2) is 0 Å². The van der Waals surface area contributed by atoms with Crippen molar-refractivity contribution in [3.05, 3.63) is 17.0 Å². The van der Waals surface area contributed by atoms with Crippen LogP contribution in [0.5, 0.6) is 6.01 Å². The average Bonchev–Trinajstić information content (AvgIpc) is 1.98. The summed E-state index contributed by atoms with van der Waals surface area (Å²) in [4.78, 5) is 18.3. The molecular weight excluding hydrogens is 170 g/mol. The summed E-state index contributed by atoms with van der Waals surface area (Å²) < 4.78 is 4.55. The second kappa shape index (κ2) is 3.38. The van der Waals surface area contributed by atoms with E-state index in [9.17, 15) is 4.79 Å². The Kier molecular flexibility index (Phi) is 2.46. The molecule has 0 aliphatic heterocycles. The molecule has 1 aromatic rings. The van der Waals surface area contributed by atoms with E-state index in [0.717, 1.165) is 17.0 Å². The number of hydrogen-bond acceptors (Lipinski definition) is 4. The quantitative estimate of drug-likeness (QED) is 0.696. The number of amides is 1. The van der Waals surface area contributed by atoms with Crippen LogP contribution in [0.15, 0.2) is 0 Å². The van der Waals surface area contributed by atoms with Gasteiger partial charge in [0.1, 0.15) is 0 Å². The van der Waals surface area contributed by atoms with Crippen molar-refractivity contribution >= 4 is 6.09 Å². The van der Waals surface area contributed by atoms with Gasteiger partial charge in [0.2, 0.25) is 0 Å². The number of aromatic nitrogens is 2. The highest BCUT2D eigenvalue weighted by Gasteiger charge is 2.06. The molecule has 13 heavy (non-hydrogen) atoms. The van der Waals surface area contributed by atoms with Crippen molar-refractivity contribution in [3.63, 3.8) is 0 Å². The third-order valence-electron chi connectivity index (χ3n) is 1.80. The van der Waals surface area contributed by atoms with E-state index in [1.165, 1.54) is 0 Å². The van der Waals surface area contributed by atoms with E-state index in [1.54, 1.807) is 0 Å². The molecule has 2 N–H and O–H groups in total. The first-order valence-corrected chi connectivity index (χ1v) is 3.80. The van der Waals surface area contributed by atoms with Gasteiger partial charge >= 0.3 is 12.1 Å². The summed E-state index contributed by atoms with van der Waals surface area (Å²) in [6, 6.07) is 0.00750. The summed E-state index contributed by atoms with van der Waals surface area (Å²) in [5, 5.41) is 0. The fraction of sp³-hybridized carbons (Fsp3) is 0.375. The van der Waals surface area contributed by atoms with Crippen molar-refractivity contribution in [1.29, 1.82) is 0 Å². The highest BCUT2D eigenvalue weighted by atomic mass is 16.6. The van der Waals surface area contributed by atoms with Gasteiger partial charge in [-0.15, -0.1) is 0 Å². The van der Waals surface area contributed by atoms with Crippen LogP contribution in [-0.4, -0.2) is 16.1 Å². The minimum atomic E-state index is -0.900. The summed E-state index contributed by atoms with van der Waals surface area (Å²) in [5.74, 6) is 0. The monoisotopic (exact) mass is 181 g/mol. The van der Waals surface area contributed by atoms with Crippen molar-refractivity contribution in [2.45, 2.75) is 20.8 Å². The van der Waals surface area contributed by atoms with Crippen molar-refractivity contribution < 1.29 is 9.53 Å². The third kappa shape index (κ3) is 2.14. The molecule has 0 aliphatic rings. The highest BCUT2D eigenvalue weighted by Crippen LogP contribution is 2.11. The fourth-order valence-electron chi connectivity index (χ4n) is 0.877. The molecule has 0 aromatic carbocycles. The molecule has 5 nitrogen and oxygen atoms in total. The lowest BCUT2D eigenvalue weighted by molar-refractivity contribution is 0.206. The molecule has 0 aliphatic carbocycles. The summed E-state index contributed by atoms with van der Waals surface area (Å²) >= 11 is 0. The zero-order valence-electron chi connectivity index (χ0n) is 7.79. The molecule has 0 unspecified atom stereocenters. The van der Waals surface area contributed by atoms with Gasteiger partial charge in [0, 0.05) is 11.4 Å². The first-order chi connectivity index (χ1) is 6.00.